The van der Waals surface area contributed by atoms with E-state index in [2.05, 4.69) is 4.90 Å². The molecule has 4 nitrogen and oxygen atoms in total. The summed E-state index contributed by atoms with van der Waals surface area (Å²) in [4.78, 5) is 28.6. The number of carbonyl (C=O) groups is 2. The number of Topliss-reactive ketones (excluding diaryl/α,β-unsaturated/α-hetero) is 1. The third kappa shape index (κ3) is 3.96. The Hall–Kier alpha value is -1.75. The number of carbonyl (C=O) groups excluding carboxylic acids is 2. The third-order valence-corrected chi connectivity index (χ3v) is 4.94. The standard InChI is InChI=1S/C18H23FN2O2/c1-13(14-2-3-14)18(23)21-10-8-20(9-11-21)12-17(22)15-4-6-16(19)7-5-15/h4-7,13-14H,2-3,8-12H2,1H3. The summed E-state index contributed by atoms with van der Waals surface area (Å²) < 4.78 is 12.9. The fourth-order valence-corrected chi connectivity index (χ4v) is 3.14. The summed E-state index contributed by atoms with van der Waals surface area (Å²) in [6.45, 7) is 5.17. The number of hydrogen-bond donors (Lipinski definition) is 0. The topological polar surface area (TPSA) is 40.6 Å². The van der Waals surface area contributed by atoms with Crippen molar-refractivity contribution in [2.24, 2.45) is 11.8 Å². The molecule has 1 aromatic carbocycles. The van der Waals surface area contributed by atoms with Gasteiger partial charge in [0.05, 0.1) is 6.54 Å². The first-order valence-corrected chi connectivity index (χ1v) is 8.34. The van der Waals surface area contributed by atoms with Crippen LogP contribution < -0.4 is 0 Å². The largest absolute Gasteiger partial charge is 0.340 e. The number of rotatable bonds is 5. The van der Waals surface area contributed by atoms with E-state index in [-0.39, 0.29) is 23.4 Å². The van der Waals surface area contributed by atoms with Gasteiger partial charge >= 0.3 is 0 Å². The number of ketones is 1. The van der Waals surface area contributed by atoms with Gasteiger partial charge in [0.25, 0.3) is 0 Å². The lowest BCUT2D eigenvalue weighted by Gasteiger charge is -2.35. The third-order valence-electron chi connectivity index (χ3n) is 4.94. The van der Waals surface area contributed by atoms with Crippen molar-refractivity contribution in [1.29, 1.82) is 0 Å². The molecule has 1 amide bonds. The molecule has 2 aliphatic rings. The fourth-order valence-electron chi connectivity index (χ4n) is 3.14. The Bertz CT molecular complexity index is 575. The van der Waals surface area contributed by atoms with Crippen LogP contribution in [0.2, 0.25) is 0 Å². The second-order valence-corrected chi connectivity index (χ2v) is 6.66. The average molecular weight is 318 g/mol. The molecule has 0 aromatic heterocycles. The normalized spacial score (nSPS) is 20.3. The van der Waals surface area contributed by atoms with Gasteiger partial charge in [0, 0.05) is 37.7 Å². The molecule has 1 unspecified atom stereocenters. The van der Waals surface area contributed by atoms with Crippen LogP contribution in [0.4, 0.5) is 4.39 Å². The van der Waals surface area contributed by atoms with Gasteiger partial charge in [-0.25, -0.2) is 4.39 Å². The highest BCUT2D eigenvalue weighted by Gasteiger charge is 2.35. The quantitative estimate of drug-likeness (QED) is 0.782. The molecule has 0 N–H and O–H groups in total. The summed E-state index contributed by atoms with van der Waals surface area (Å²) in [5, 5.41) is 0. The maximum Gasteiger partial charge on any atom is 0.225 e. The van der Waals surface area contributed by atoms with Crippen molar-refractivity contribution in [2.45, 2.75) is 19.8 Å². The molecule has 0 radical (unpaired) electrons. The van der Waals surface area contributed by atoms with Gasteiger partial charge in [0.15, 0.2) is 5.78 Å². The maximum absolute atomic E-state index is 12.9. The number of amides is 1. The highest BCUT2D eigenvalue weighted by Crippen LogP contribution is 2.37. The van der Waals surface area contributed by atoms with Crippen molar-refractivity contribution in [3.63, 3.8) is 0 Å². The molecule has 1 aliphatic carbocycles. The van der Waals surface area contributed by atoms with Gasteiger partial charge in [-0.2, -0.15) is 0 Å². The molecule has 1 saturated carbocycles. The first-order valence-electron chi connectivity index (χ1n) is 8.34. The van der Waals surface area contributed by atoms with Crippen LogP contribution in [0.25, 0.3) is 0 Å². The van der Waals surface area contributed by atoms with Crippen LogP contribution in [-0.4, -0.2) is 54.2 Å². The van der Waals surface area contributed by atoms with E-state index >= 15 is 0 Å². The van der Waals surface area contributed by atoms with E-state index < -0.39 is 0 Å². The fraction of sp³-hybridized carbons (Fsp3) is 0.556. The van der Waals surface area contributed by atoms with Crippen LogP contribution in [0.15, 0.2) is 24.3 Å². The van der Waals surface area contributed by atoms with Crippen LogP contribution in [-0.2, 0) is 4.79 Å². The summed E-state index contributed by atoms with van der Waals surface area (Å²) in [5.41, 5.74) is 0.535. The highest BCUT2D eigenvalue weighted by atomic mass is 19.1. The van der Waals surface area contributed by atoms with Crippen LogP contribution in [0, 0.1) is 17.7 Å². The summed E-state index contributed by atoms with van der Waals surface area (Å²) >= 11 is 0. The van der Waals surface area contributed by atoms with Crippen molar-refractivity contribution in [3.8, 4) is 0 Å². The predicted octanol–water partition coefficient (Wildman–Crippen LogP) is 2.20. The maximum atomic E-state index is 12.9. The first kappa shape index (κ1) is 16.1. The van der Waals surface area contributed by atoms with Crippen molar-refractivity contribution in [2.75, 3.05) is 32.7 Å². The van der Waals surface area contributed by atoms with Gasteiger partial charge in [-0.05, 0) is 43.0 Å². The Kier molecular flexibility index (Phi) is 4.76. The zero-order valence-electron chi connectivity index (χ0n) is 13.5. The molecule has 1 aromatic rings. The summed E-state index contributed by atoms with van der Waals surface area (Å²) in [7, 11) is 0. The molecule has 1 heterocycles. The molecule has 2 fully saturated rings. The zero-order valence-corrected chi connectivity index (χ0v) is 13.5. The number of halogens is 1. The Morgan fingerprint density at radius 2 is 1.74 bits per heavy atom. The molecule has 3 rings (SSSR count). The SMILES string of the molecule is CC(C(=O)N1CCN(CC(=O)c2ccc(F)cc2)CC1)C1CC1. The first-order chi connectivity index (χ1) is 11.0. The Morgan fingerprint density at radius 3 is 2.30 bits per heavy atom. The van der Waals surface area contributed by atoms with Gasteiger partial charge in [-0.15, -0.1) is 0 Å². The van der Waals surface area contributed by atoms with Gasteiger partial charge in [0.1, 0.15) is 5.82 Å². The van der Waals surface area contributed by atoms with Crippen molar-refractivity contribution >= 4 is 11.7 Å². The minimum Gasteiger partial charge on any atom is -0.340 e. The van der Waals surface area contributed by atoms with Crippen LogP contribution in [0.1, 0.15) is 30.1 Å². The highest BCUT2D eigenvalue weighted by molar-refractivity contribution is 5.97. The molecule has 1 atom stereocenters. The second-order valence-electron chi connectivity index (χ2n) is 6.66. The molecule has 124 valence electrons. The average Bonchev–Trinajstić information content (AvgIpc) is 3.40. The van der Waals surface area contributed by atoms with E-state index in [1.165, 1.54) is 37.1 Å². The number of hydrogen-bond acceptors (Lipinski definition) is 3. The predicted molar refractivity (Wildman–Crippen MR) is 85.6 cm³/mol. The second kappa shape index (κ2) is 6.79. The molecule has 0 spiro atoms. The van der Waals surface area contributed by atoms with E-state index in [0.29, 0.717) is 31.1 Å². The lowest BCUT2D eigenvalue weighted by atomic mass is 10.0. The van der Waals surface area contributed by atoms with E-state index in [0.717, 1.165) is 13.1 Å². The molecule has 23 heavy (non-hydrogen) atoms. The minimum atomic E-state index is -0.335. The van der Waals surface area contributed by atoms with Gasteiger partial charge < -0.3 is 4.90 Å². The lowest BCUT2D eigenvalue weighted by molar-refractivity contribution is -0.137. The van der Waals surface area contributed by atoms with Crippen LogP contribution >= 0.6 is 0 Å². The van der Waals surface area contributed by atoms with E-state index in [1.807, 2.05) is 11.8 Å². The summed E-state index contributed by atoms with van der Waals surface area (Å²) in [6.07, 6.45) is 2.36. The summed E-state index contributed by atoms with van der Waals surface area (Å²) in [6, 6.07) is 5.66. The van der Waals surface area contributed by atoms with Gasteiger partial charge in [-0.3, -0.25) is 14.5 Å². The van der Waals surface area contributed by atoms with Crippen molar-refractivity contribution in [3.05, 3.63) is 35.6 Å². The van der Waals surface area contributed by atoms with E-state index in [4.69, 9.17) is 0 Å². The van der Waals surface area contributed by atoms with E-state index in [1.54, 1.807) is 0 Å². The minimum absolute atomic E-state index is 0.00359. The van der Waals surface area contributed by atoms with Crippen LogP contribution in [0.3, 0.4) is 0 Å². The molecule has 5 heteroatoms. The van der Waals surface area contributed by atoms with Gasteiger partial charge in [-0.1, -0.05) is 6.92 Å². The van der Waals surface area contributed by atoms with Gasteiger partial charge in [0.2, 0.25) is 5.91 Å². The number of piperazine rings is 1. The van der Waals surface area contributed by atoms with Crippen molar-refractivity contribution in [1.82, 2.24) is 9.80 Å². The Morgan fingerprint density at radius 1 is 1.13 bits per heavy atom. The Labute approximate surface area is 136 Å². The monoisotopic (exact) mass is 318 g/mol. The number of nitrogens with zero attached hydrogens (tertiary/aromatic N) is 2. The van der Waals surface area contributed by atoms with Crippen molar-refractivity contribution < 1.29 is 14.0 Å². The molecular weight excluding hydrogens is 295 g/mol. The summed E-state index contributed by atoms with van der Waals surface area (Å²) in [5.74, 6) is 0.648. The molecule has 0 bridgehead atoms. The smallest absolute Gasteiger partial charge is 0.225 e. The number of benzene rings is 1. The van der Waals surface area contributed by atoms with E-state index in [9.17, 15) is 14.0 Å². The molecule has 1 aliphatic heterocycles. The lowest BCUT2D eigenvalue weighted by Crippen LogP contribution is -2.51. The molecular formula is C18H23FN2O2. The van der Waals surface area contributed by atoms with Crippen LogP contribution in [0.5, 0.6) is 0 Å². The Balaban J connectivity index is 1.48. The molecule has 1 saturated heterocycles. The zero-order chi connectivity index (χ0) is 16.4.